The summed E-state index contributed by atoms with van der Waals surface area (Å²) in [7, 11) is -4.06. The van der Waals surface area contributed by atoms with E-state index in [1.54, 1.807) is 24.3 Å². The Morgan fingerprint density at radius 1 is 1.19 bits per heavy atom. The van der Waals surface area contributed by atoms with E-state index in [0.717, 1.165) is 12.1 Å². The van der Waals surface area contributed by atoms with Gasteiger partial charge >= 0.3 is 5.97 Å². The summed E-state index contributed by atoms with van der Waals surface area (Å²) >= 11 is 3.23. The quantitative estimate of drug-likeness (QED) is 0.716. The molecule has 110 valence electrons. The number of aromatic carboxylic acids is 1. The van der Waals surface area contributed by atoms with Gasteiger partial charge in [-0.3, -0.25) is 4.72 Å². The maximum atomic E-state index is 12.3. The van der Waals surface area contributed by atoms with E-state index in [9.17, 15) is 13.2 Å². The molecule has 0 bridgehead atoms. The molecule has 4 N–H and O–H groups in total. The molecular weight excluding hydrogens is 360 g/mol. The van der Waals surface area contributed by atoms with Crippen molar-refractivity contribution < 1.29 is 18.3 Å². The highest BCUT2D eigenvalue weighted by Gasteiger charge is 2.22. The van der Waals surface area contributed by atoms with Crippen LogP contribution in [-0.4, -0.2) is 19.5 Å². The highest BCUT2D eigenvalue weighted by molar-refractivity contribution is 9.10. The van der Waals surface area contributed by atoms with Gasteiger partial charge in [0.2, 0.25) is 0 Å². The number of hydrogen-bond acceptors (Lipinski definition) is 4. The van der Waals surface area contributed by atoms with Crippen LogP contribution in [0.5, 0.6) is 0 Å². The third kappa shape index (κ3) is 3.53. The molecule has 0 spiro atoms. The van der Waals surface area contributed by atoms with Crippen LogP contribution < -0.4 is 10.5 Å². The Bertz CT molecular complexity index is 806. The first-order chi connectivity index (χ1) is 9.79. The van der Waals surface area contributed by atoms with Gasteiger partial charge < -0.3 is 10.8 Å². The molecule has 0 saturated heterocycles. The molecule has 2 rings (SSSR count). The third-order valence-corrected chi connectivity index (χ3v) is 4.52. The Morgan fingerprint density at radius 3 is 2.52 bits per heavy atom. The monoisotopic (exact) mass is 370 g/mol. The minimum Gasteiger partial charge on any atom is -0.478 e. The number of carboxylic acid groups (broad SMARTS) is 1. The molecule has 0 fully saturated rings. The number of carboxylic acids is 1. The van der Waals surface area contributed by atoms with Crippen molar-refractivity contribution in [1.29, 1.82) is 0 Å². The van der Waals surface area contributed by atoms with Gasteiger partial charge in [-0.25, -0.2) is 13.2 Å². The van der Waals surface area contributed by atoms with Crippen molar-refractivity contribution in [2.24, 2.45) is 0 Å². The molecule has 0 aliphatic carbocycles. The molecule has 0 unspecified atom stereocenters. The van der Waals surface area contributed by atoms with E-state index in [1.807, 2.05) is 0 Å². The van der Waals surface area contributed by atoms with Crippen molar-refractivity contribution in [3.05, 3.63) is 52.5 Å². The van der Waals surface area contributed by atoms with Gasteiger partial charge in [0, 0.05) is 15.8 Å². The smallest absolute Gasteiger partial charge is 0.337 e. The van der Waals surface area contributed by atoms with E-state index in [1.165, 1.54) is 6.07 Å². The number of sulfonamides is 1. The Morgan fingerprint density at radius 2 is 1.90 bits per heavy atom. The summed E-state index contributed by atoms with van der Waals surface area (Å²) in [5.41, 5.74) is 5.68. The summed E-state index contributed by atoms with van der Waals surface area (Å²) < 4.78 is 27.7. The van der Waals surface area contributed by atoms with Crippen LogP contribution in [0.1, 0.15) is 10.4 Å². The predicted molar refractivity (Wildman–Crippen MR) is 82.8 cm³/mol. The number of benzene rings is 2. The van der Waals surface area contributed by atoms with Crippen LogP contribution in [0.3, 0.4) is 0 Å². The molecule has 0 saturated carbocycles. The Labute approximate surface area is 129 Å². The Hall–Kier alpha value is -2.06. The number of nitrogens with one attached hydrogen (secondary N) is 1. The summed E-state index contributed by atoms with van der Waals surface area (Å²) in [5.74, 6) is -1.34. The predicted octanol–water partition coefficient (Wildman–Crippen LogP) is 2.53. The molecular formula is C13H11BrN2O4S. The lowest BCUT2D eigenvalue weighted by Crippen LogP contribution is -2.17. The molecule has 0 aromatic heterocycles. The summed E-state index contributed by atoms with van der Waals surface area (Å²) in [6, 6.07) is 10.1. The zero-order valence-corrected chi connectivity index (χ0v) is 13.0. The van der Waals surface area contributed by atoms with Crippen molar-refractivity contribution in [3.63, 3.8) is 0 Å². The number of anilines is 2. The average Bonchev–Trinajstić information content (AvgIpc) is 2.37. The maximum absolute atomic E-state index is 12.3. The molecule has 2 aromatic carbocycles. The van der Waals surface area contributed by atoms with Crippen LogP contribution in [-0.2, 0) is 10.0 Å². The molecule has 21 heavy (non-hydrogen) atoms. The first kappa shape index (κ1) is 15.3. The minimum absolute atomic E-state index is 0.162. The minimum atomic E-state index is -4.06. The molecule has 2 aromatic rings. The summed E-state index contributed by atoms with van der Waals surface area (Å²) in [5, 5.41) is 9.09. The summed E-state index contributed by atoms with van der Waals surface area (Å²) in [6.07, 6.45) is 0. The molecule has 0 heterocycles. The van der Waals surface area contributed by atoms with Gasteiger partial charge in [0.25, 0.3) is 10.0 Å². The standard InChI is InChI=1S/C13H11BrN2O4S/c14-8-2-1-3-10(6-8)16-21(19,20)12-7-9(15)4-5-11(12)13(17)18/h1-7,16H,15H2,(H,17,18). The number of carbonyl (C=O) groups is 1. The first-order valence-corrected chi connectivity index (χ1v) is 7.98. The van der Waals surface area contributed by atoms with Gasteiger partial charge in [-0.15, -0.1) is 0 Å². The van der Waals surface area contributed by atoms with Crippen molar-refractivity contribution >= 4 is 43.3 Å². The van der Waals surface area contributed by atoms with E-state index in [-0.39, 0.29) is 16.1 Å². The summed E-state index contributed by atoms with van der Waals surface area (Å²) in [6.45, 7) is 0. The van der Waals surface area contributed by atoms with E-state index < -0.39 is 16.0 Å². The number of rotatable bonds is 4. The maximum Gasteiger partial charge on any atom is 0.337 e. The van der Waals surface area contributed by atoms with Gasteiger partial charge in [-0.05, 0) is 36.4 Å². The number of nitrogen functional groups attached to an aromatic ring is 1. The number of halogens is 1. The molecule has 6 nitrogen and oxygen atoms in total. The van der Waals surface area contributed by atoms with Gasteiger partial charge in [0.1, 0.15) is 4.90 Å². The second-order valence-corrected chi connectivity index (χ2v) is 6.74. The topological polar surface area (TPSA) is 109 Å². The van der Waals surface area contributed by atoms with E-state index in [2.05, 4.69) is 20.7 Å². The van der Waals surface area contributed by atoms with Crippen LogP contribution in [0.4, 0.5) is 11.4 Å². The van der Waals surface area contributed by atoms with Crippen LogP contribution in [0.25, 0.3) is 0 Å². The molecule has 0 radical (unpaired) electrons. The lowest BCUT2D eigenvalue weighted by atomic mass is 10.2. The van der Waals surface area contributed by atoms with Crippen LogP contribution >= 0.6 is 15.9 Å². The third-order valence-electron chi connectivity index (χ3n) is 2.60. The van der Waals surface area contributed by atoms with Crippen LogP contribution in [0.2, 0.25) is 0 Å². The fourth-order valence-electron chi connectivity index (χ4n) is 1.70. The highest BCUT2D eigenvalue weighted by atomic mass is 79.9. The lowest BCUT2D eigenvalue weighted by Gasteiger charge is -2.11. The van der Waals surface area contributed by atoms with Gasteiger partial charge in [0.15, 0.2) is 0 Å². The van der Waals surface area contributed by atoms with Crippen LogP contribution in [0, 0.1) is 0 Å². The van der Waals surface area contributed by atoms with Gasteiger partial charge in [-0.1, -0.05) is 22.0 Å². The molecule has 0 amide bonds. The summed E-state index contributed by atoms with van der Waals surface area (Å²) in [4.78, 5) is 10.8. The first-order valence-electron chi connectivity index (χ1n) is 5.71. The molecule has 0 aliphatic rings. The van der Waals surface area contributed by atoms with Crippen molar-refractivity contribution in [1.82, 2.24) is 0 Å². The fourth-order valence-corrected chi connectivity index (χ4v) is 3.38. The van der Waals surface area contributed by atoms with E-state index >= 15 is 0 Å². The zero-order chi connectivity index (χ0) is 15.6. The Balaban J connectivity index is 2.49. The normalized spacial score (nSPS) is 11.1. The van der Waals surface area contributed by atoms with Crippen molar-refractivity contribution in [2.45, 2.75) is 4.90 Å². The SMILES string of the molecule is Nc1ccc(C(=O)O)c(S(=O)(=O)Nc2cccc(Br)c2)c1. The van der Waals surface area contributed by atoms with Crippen molar-refractivity contribution in [2.75, 3.05) is 10.5 Å². The number of nitrogens with two attached hydrogens (primary N) is 1. The van der Waals surface area contributed by atoms with Gasteiger partial charge in [0.05, 0.1) is 5.56 Å². The average molecular weight is 371 g/mol. The molecule has 0 aliphatic heterocycles. The largest absolute Gasteiger partial charge is 0.478 e. The van der Waals surface area contributed by atoms with Crippen LogP contribution in [0.15, 0.2) is 51.8 Å². The number of hydrogen-bond donors (Lipinski definition) is 3. The van der Waals surface area contributed by atoms with E-state index in [0.29, 0.717) is 10.2 Å². The van der Waals surface area contributed by atoms with Gasteiger partial charge in [-0.2, -0.15) is 0 Å². The Kier molecular flexibility index (Phi) is 4.19. The fraction of sp³-hybridized carbons (Fsp3) is 0. The lowest BCUT2D eigenvalue weighted by molar-refractivity contribution is 0.0692. The second kappa shape index (κ2) is 5.74. The molecule has 0 atom stereocenters. The van der Waals surface area contributed by atoms with Crippen molar-refractivity contribution in [3.8, 4) is 0 Å². The second-order valence-electron chi connectivity index (χ2n) is 4.18. The highest BCUT2D eigenvalue weighted by Crippen LogP contribution is 2.23. The van der Waals surface area contributed by atoms with E-state index in [4.69, 9.17) is 10.8 Å². The molecule has 8 heteroatoms. The zero-order valence-electron chi connectivity index (χ0n) is 10.6.